The molecule has 0 radical (unpaired) electrons. The number of aromatic nitrogens is 4. The average molecular weight is 297 g/mol. The molecule has 0 saturated carbocycles. The summed E-state index contributed by atoms with van der Waals surface area (Å²) in [6.07, 6.45) is 0. The van der Waals surface area contributed by atoms with Gasteiger partial charge in [-0.1, -0.05) is 12.1 Å². The maximum Gasteiger partial charge on any atom is 0.179 e. The monoisotopic (exact) mass is 297 g/mol. The van der Waals surface area contributed by atoms with Crippen LogP contribution in [0.4, 0.5) is 0 Å². The van der Waals surface area contributed by atoms with E-state index < -0.39 is 0 Å². The lowest BCUT2D eigenvalue weighted by Crippen LogP contribution is -2.06. The summed E-state index contributed by atoms with van der Waals surface area (Å²) >= 11 is 5.44. The third-order valence-electron chi connectivity index (χ3n) is 3.56. The van der Waals surface area contributed by atoms with Crippen molar-refractivity contribution in [2.24, 2.45) is 0 Å². The van der Waals surface area contributed by atoms with Gasteiger partial charge < -0.3 is 4.98 Å². The van der Waals surface area contributed by atoms with Crippen molar-refractivity contribution < 1.29 is 0 Å². The Hall–Kier alpha value is -2.39. The van der Waals surface area contributed by atoms with Crippen LogP contribution in [-0.2, 0) is 13.1 Å². The first-order valence-electron chi connectivity index (χ1n) is 6.79. The van der Waals surface area contributed by atoms with Crippen LogP contribution in [0.15, 0.2) is 24.3 Å². The molecule has 3 rings (SSSR count). The number of nitrogens with zero attached hydrogens (tertiary/aromatic N) is 4. The fourth-order valence-corrected chi connectivity index (χ4v) is 2.75. The Kier molecular flexibility index (Phi) is 3.35. The third-order valence-corrected chi connectivity index (χ3v) is 3.88. The van der Waals surface area contributed by atoms with Gasteiger partial charge >= 0.3 is 0 Å². The van der Waals surface area contributed by atoms with Crippen molar-refractivity contribution in [2.75, 3.05) is 0 Å². The number of nitrogens with one attached hydrogen (secondary N) is 1. The van der Waals surface area contributed by atoms with Crippen molar-refractivity contribution in [1.82, 2.24) is 19.3 Å². The largest absolute Gasteiger partial charge is 0.328 e. The molecule has 2 aromatic heterocycles. The van der Waals surface area contributed by atoms with Crippen LogP contribution in [0.3, 0.4) is 0 Å². The predicted octanol–water partition coefficient (Wildman–Crippen LogP) is 3.14. The van der Waals surface area contributed by atoms with E-state index in [0.717, 1.165) is 29.0 Å². The van der Waals surface area contributed by atoms with Crippen molar-refractivity contribution in [3.8, 4) is 6.07 Å². The summed E-state index contributed by atoms with van der Waals surface area (Å²) in [5.74, 6) is 0. The molecule has 6 heteroatoms. The average Bonchev–Trinajstić information content (AvgIpc) is 2.98. The Balaban J connectivity index is 2.09. The molecule has 0 aliphatic carbocycles. The van der Waals surface area contributed by atoms with Gasteiger partial charge in [-0.05, 0) is 43.8 Å². The molecule has 0 atom stereocenters. The molecule has 1 aromatic carbocycles. The molecule has 0 aliphatic rings. The van der Waals surface area contributed by atoms with E-state index in [-0.39, 0.29) is 0 Å². The first-order chi connectivity index (χ1) is 10.1. The van der Waals surface area contributed by atoms with E-state index in [1.807, 2.05) is 35.9 Å². The van der Waals surface area contributed by atoms with E-state index in [0.29, 0.717) is 16.9 Å². The van der Waals surface area contributed by atoms with Gasteiger partial charge in [0.25, 0.3) is 0 Å². The van der Waals surface area contributed by atoms with Crippen LogP contribution in [0.1, 0.15) is 23.7 Å². The normalized spacial score (nSPS) is 10.9. The lowest BCUT2D eigenvalue weighted by atomic mass is 10.1. The van der Waals surface area contributed by atoms with Crippen molar-refractivity contribution >= 4 is 23.4 Å². The number of aryl methyl sites for hydroxylation is 2. The van der Waals surface area contributed by atoms with Crippen molar-refractivity contribution in [1.29, 1.82) is 5.26 Å². The Bertz CT molecular complexity index is 889. The molecule has 0 unspecified atom stereocenters. The highest BCUT2D eigenvalue weighted by atomic mass is 32.1. The predicted molar refractivity (Wildman–Crippen MR) is 83.6 cm³/mol. The Morgan fingerprint density at radius 1 is 1.33 bits per heavy atom. The van der Waals surface area contributed by atoms with Crippen LogP contribution in [0, 0.1) is 23.0 Å². The van der Waals surface area contributed by atoms with Crippen LogP contribution >= 0.6 is 12.2 Å². The van der Waals surface area contributed by atoms with Crippen LogP contribution in [0.2, 0.25) is 0 Å². The molecule has 0 saturated heterocycles. The van der Waals surface area contributed by atoms with Gasteiger partial charge in [-0.3, -0.25) is 4.57 Å². The number of hydrogen-bond acceptors (Lipinski definition) is 3. The van der Waals surface area contributed by atoms with Gasteiger partial charge in [-0.25, -0.2) is 4.68 Å². The summed E-state index contributed by atoms with van der Waals surface area (Å²) in [4.78, 5) is 3.23. The van der Waals surface area contributed by atoms with E-state index >= 15 is 0 Å². The molecular formula is C15H15N5S. The number of benzene rings is 1. The molecule has 106 valence electrons. The highest BCUT2D eigenvalue weighted by Crippen LogP contribution is 2.19. The number of aromatic amines is 1. The number of fused-ring (bicyclic) bond motifs is 1. The van der Waals surface area contributed by atoms with Crippen LogP contribution in [0.25, 0.3) is 11.2 Å². The molecule has 0 fully saturated rings. The minimum Gasteiger partial charge on any atom is -0.328 e. The molecule has 1 N–H and O–H groups in total. The van der Waals surface area contributed by atoms with E-state index in [1.54, 1.807) is 0 Å². The molecule has 2 heterocycles. The van der Waals surface area contributed by atoms with Crippen LogP contribution in [-0.4, -0.2) is 19.3 Å². The highest BCUT2D eigenvalue weighted by Gasteiger charge is 2.13. The minimum absolute atomic E-state index is 0.662. The van der Waals surface area contributed by atoms with E-state index in [1.165, 1.54) is 0 Å². The third kappa shape index (κ3) is 2.26. The molecule has 0 spiro atoms. The highest BCUT2D eigenvalue weighted by molar-refractivity contribution is 7.71. The number of nitriles is 1. The number of hydrogen-bond donors (Lipinski definition) is 1. The maximum atomic E-state index is 8.85. The zero-order chi connectivity index (χ0) is 15.0. The molecular weight excluding hydrogens is 282 g/mol. The van der Waals surface area contributed by atoms with E-state index in [9.17, 15) is 0 Å². The lowest BCUT2D eigenvalue weighted by molar-refractivity contribution is 0.643. The second-order valence-electron chi connectivity index (χ2n) is 4.92. The van der Waals surface area contributed by atoms with Crippen molar-refractivity contribution in [3.63, 3.8) is 0 Å². The van der Waals surface area contributed by atoms with Crippen molar-refractivity contribution in [3.05, 3.63) is 45.9 Å². The standard InChI is InChI=1S/C15H15N5S/c1-3-20-14-13(10(2)18-20)17-15(21)19(14)9-12-6-4-11(8-16)5-7-12/h4-7H,3,9H2,1-2H3,(H,17,21). The number of rotatable bonds is 3. The van der Waals surface area contributed by atoms with E-state index in [2.05, 4.69) is 27.6 Å². The molecule has 21 heavy (non-hydrogen) atoms. The summed E-state index contributed by atoms with van der Waals surface area (Å²) in [6.45, 7) is 5.50. The number of imidazole rings is 1. The maximum absolute atomic E-state index is 8.85. The van der Waals surface area contributed by atoms with Gasteiger partial charge in [0.1, 0.15) is 5.52 Å². The molecule has 3 aromatic rings. The zero-order valence-corrected chi connectivity index (χ0v) is 12.7. The van der Waals surface area contributed by atoms with Gasteiger partial charge in [0.15, 0.2) is 10.4 Å². The van der Waals surface area contributed by atoms with Crippen LogP contribution < -0.4 is 0 Å². The SMILES string of the molecule is CCn1nc(C)c2[nH]c(=S)n(Cc3ccc(C#N)cc3)c21. The number of H-pyrrole nitrogens is 1. The lowest BCUT2D eigenvalue weighted by Gasteiger charge is -2.06. The molecule has 0 bridgehead atoms. The topological polar surface area (TPSA) is 62.3 Å². The summed E-state index contributed by atoms with van der Waals surface area (Å²) in [5.41, 5.74) is 4.74. The zero-order valence-electron chi connectivity index (χ0n) is 11.9. The summed E-state index contributed by atoms with van der Waals surface area (Å²) in [7, 11) is 0. The Morgan fingerprint density at radius 3 is 2.67 bits per heavy atom. The molecule has 5 nitrogen and oxygen atoms in total. The molecule has 0 aliphatic heterocycles. The summed E-state index contributed by atoms with van der Waals surface area (Å²) in [5, 5.41) is 13.4. The second kappa shape index (κ2) is 5.19. The summed E-state index contributed by atoms with van der Waals surface area (Å²) in [6, 6.07) is 9.69. The summed E-state index contributed by atoms with van der Waals surface area (Å²) < 4.78 is 4.70. The Morgan fingerprint density at radius 2 is 2.05 bits per heavy atom. The van der Waals surface area contributed by atoms with Gasteiger partial charge in [0.05, 0.1) is 23.9 Å². The van der Waals surface area contributed by atoms with Crippen LogP contribution in [0.5, 0.6) is 0 Å². The minimum atomic E-state index is 0.662. The van der Waals surface area contributed by atoms with Gasteiger partial charge in [0.2, 0.25) is 0 Å². The van der Waals surface area contributed by atoms with E-state index in [4.69, 9.17) is 17.5 Å². The Labute approximate surface area is 127 Å². The first-order valence-corrected chi connectivity index (χ1v) is 7.19. The molecule has 0 amide bonds. The fourth-order valence-electron chi connectivity index (χ4n) is 2.49. The van der Waals surface area contributed by atoms with Crippen molar-refractivity contribution in [2.45, 2.75) is 26.9 Å². The fraction of sp³-hybridized carbons (Fsp3) is 0.267. The van der Waals surface area contributed by atoms with Gasteiger partial charge in [0, 0.05) is 6.54 Å². The smallest absolute Gasteiger partial charge is 0.179 e. The first kappa shape index (κ1) is 13.6. The van der Waals surface area contributed by atoms with Gasteiger partial charge in [-0.2, -0.15) is 10.4 Å². The second-order valence-corrected chi connectivity index (χ2v) is 5.31. The van der Waals surface area contributed by atoms with Gasteiger partial charge in [-0.15, -0.1) is 0 Å². The quantitative estimate of drug-likeness (QED) is 0.755.